The first-order chi connectivity index (χ1) is 9.24. The average molecular weight is 254 g/mol. The molecule has 98 valence electrons. The van der Waals surface area contributed by atoms with E-state index < -0.39 is 0 Å². The summed E-state index contributed by atoms with van der Waals surface area (Å²) in [6, 6.07) is 16.5. The second-order valence-corrected chi connectivity index (χ2v) is 5.10. The first-order valence-electron chi connectivity index (χ1n) is 6.59. The molecule has 2 atom stereocenters. The van der Waals surface area contributed by atoms with E-state index in [1.54, 1.807) is 6.07 Å². The van der Waals surface area contributed by atoms with Crippen molar-refractivity contribution in [1.29, 1.82) is 0 Å². The SMILES string of the molecule is Cc1ccc(O)c(C2CC(c3ccccc3)NN2)c1. The van der Waals surface area contributed by atoms with E-state index in [0.29, 0.717) is 5.75 Å². The molecular weight excluding hydrogens is 236 g/mol. The van der Waals surface area contributed by atoms with Crippen molar-refractivity contribution in [3.05, 3.63) is 65.2 Å². The van der Waals surface area contributed by atoms with Crippen LogP contribution >= 0.6 is 0 Å². The zero-order valence-electron chi connectivity index (χ0n) is 10.9. The van der Waals surface area contributed by atoms with Crippen molar-refractivity contribution in [2.75, 3.05) is 0 Å². The fourth-order valence-corrected chi connectivity index (χ4v) is 2.62. The van der Waals surface area contributed by atoms with Crippen molar-refractivity contribution >= 4 is 0 Å². The van der Waals surface area contributed by atoms with Crippen molar-refractivity contribution in [1.82, 2.24) is 10.9 Å². The predicted molar refractivity (Wildman–Crippen MR) is 75.7 cm³/mol. The Hall–Kier alpha value is -1.84. The van der Waals surface area contributed by atoms with Crippen molar-refractivity contribution in [3.63, 3.8) is 0 Å². The number of benzene rings is 2. The maximum absolute atomic E-state index is 9.98. The Bertz CT molecular complexity index is 568. The number of nitrogens with one attached hydrogen (secondary N) is 2. The second-order valence-electron chi connectivity index (χ2n) is 5.10. The smallest absolute Gasteiger partial charge is 0.120 e. The highest BCUT2D eigenvalue weighted by Crippen LogP contribution is 2.34. The number of aryl methyl sites for hydroxylation is 1. The second kappa shape index (κ2) is 5.03. The Balaban J connectivity index is 1.81. The predicted octanol–water partition coefficient (Wildman–Crippen LogP) is 2.98. The van der Waals surface area contributed by atoms with Gasteiger partial charge in [0.1, 0.15) is 5.75 Å². The number of hydrogen-bond acceptors (Lipinski definition) is 3. The molecule has 3 nitrogen and oxygen atoms in total. The molecule has 0 aliphatic carbocycles. The number of hydrogen-bond donors (Lipinski definition) is 3. The molecule has 0 amide bonds. The number of rotatable bonds is 2. The minimum Gasteiger partial charge on any atom is -0.508 e. The molecule has 0 bridgehead atoms. The van der Waals surface area contributed by atoms with Gasteiger partial charge in [-0.25, -0.2) is 10.9 Å². The van der Waals surface area contributed by atoms with Crippen LogP contribution in [0.25, 0.3) is 0 Å². The third kappa shape index (κ3) is 2.48. The Kier molecular flexibility index (Phi) is 3.23. The number of phenolic OH excluding ortho intramolecular Hbond substituents is 1. The van der Waals surface area contributed by atoms with E-state index in [2.05, 4.69) is 35.1 Å². The van der Waals surface area contributed by atoms with Gasteiger partial charge in [-0.2, -0.15) is 0 Å². The van der Waals surface area contributed by atoms with Crippen LogP contribution in [0.15, 0.2) is 48.5 Å². The molecule has 19 heavy (non-hydrogen) atoms. The van der Waals surface area contributed by atoms with Gasteiger partial charge in [0.05, 0.1) is 6.04 Å². The molecule has 1 aliphatic heterocycles. The molecule has 1 heterocycles. The third-order valence-corrected chi connectivity index (χ3v) is 3.66. The molecule has 3 heteroatoms. The maximum Gasteiger partial charge on any atom is 0.120 e. The molecule has 1 fully saturated rings. The van der Waals surface area contributed by atoms with Gasteiger partial charge in [0.25, 0.3) is 0 Å². The fourth-order valence-electron chi connectivity index (χ4n) is 2.62. The van der Waals surface area contributed by atoms with Crippen molar-refractivity contribution in [2.45, 2.75) is 25.4 Å². The minimum absolute atomic E-state index is 0.144. The fraction of sp³-hybridized carbons (Fsp3) is 0.250. The third-order valence-electron chi connectivity index (χ3n) is 3.66. The van der Waals surface area contributed by atoms with E-state index >= 15 is 0 Å². The van der Waals surface area contributed by atoms with Gasteiger partial charge in [-0.15, -0.1) is 0 Å². The van der Waals surface area contributed by atoms with Gasteiger partial charge < -0.3 is 5.11 Å². The van der Waals surface area contributed by atoms with Crippen molar-refractivity contribution in [3.8, 4) is 5.75 Å². The molecule has 2 aromatic carbocycles. The van der Waals surface area contributed by atoms with Gasteiger partial charge in [0.15, 0.2) is 0 Å². The highest BCUT2D eigenvalue weighted by Gasteiger charge is 2.27. The van der Waals surface area contributed by atoms with E-state index in [4.69, 9.17) is 0 Å². The van der Waals surface area contributed by atoms with Crippen LogP contribution in [0.4, 0.5) is 0 Å². The lowest BCUT2D eigenvalue weighted by atomic mass is 9.96. The highest BCUT2D eigenvalue weighted by atomic mass is 16.3. The molecule has 0 spiro atoms. The molecular formula is C16H18N2O. The monoisotopic (exact) mass is 254 g/mol. The van der Waals surface area contributed by atoms with Gasteiger partial charge in [0, 0.05) is 11.6 Å². The standard InChI is InChI=1S/C16H18N2O/c1-11-7-8-16(19)13(9-11)15-10-14(17-18-15)12-5-3-2-4-6-12/h2-9,14-15,17-19H,10H2,1H3. The Labute approximate surface area is 113 Å². The summed E-state index contributed by atoms with van der Waals surface area (Å²) in [5.41, 5.74) is 9.98. The van der Waals surface area contributed by atoms with E-state index in [9.17, 15) is 5.11 Å². The normalized spacial score (nSPS) is 22.6. The zero-order chi connectivity index (χ0) is 13.2. The summed E-state index contributed by atoms with van der Waals surface area (Å²) >= 11 is 0. The minimum atomic E-state index is 0.144. The van der Waals surface area contributed by atoms with Crippen molar-refractivity contribution in [2.24, 2.45) is 0 Å². The molecule has 3 N–H and O–H groups in total. The molecule has 3 rings (SSSR count). The number of phenols is 1. The molecule has 0 radical (unpaired) electrons. The van der Waals surface area contributed by atoms with Gasteiger partial charge in [0.2, 0.25) is 0 Å². The molecule has 2 unspecified atom stereocenters. The van der Waals surface area contributed by atoms with Crippen LogP contribution in [0.1, 0.15) is 35.2 Å². The Morgan fingerprint density at radius 2 is 1.74 bits per heavy atom. The molecule has 0 saturated carbocycles. The lowest BCUT2D eigenvalue weighted by Crippen LogP contribution is -2.26. The summed E-state index contributed by atoms with van der Waals surface area (Å²) in [5.74, 6) is 0.360. The van der Waals surface area contributed by atoms with Gasteiger partial charge in [-0.05, 0) is 25.0 Å². The average Bonchev–Trinajstić information content (AvgIpc) is 2.92. The first kappa shape index (κ1) is 12.2. The Morgan fingerprint density at radius 1 is 1.00 bits per heavy atom. The van der Waals surface area contributed by atoms with Gasteiger partial charge in [-0.1, -0.05) is 48.0 Å². The molecule has 1 aliphatic rings. The number of aromatic hydroxyl groups is 1. The zero-order valence-corrected chi connectivity index (χ0v) is 10.9. The summed E-state index contributed by atoms with van der Waals surface area (Å²) in [7, 11) is 0. The van der Waals surface area contributed by atoms with E-state index in [0.717, 1.165) is 17.5 Å². The molecule has 1 saturated heterocycles. The van der Waals surface area contributed by atoms with E-state index in [1.807, 2.05) is 25.1 Å². The van der Waals surface area contributed by atoms with Gasteiger partial charge in [-0.3, -0.25) is 0 Å². The summed E-state index contributed by atoms with van der Waals surface area (Å²) in [4.78, 5) is 0. The van der Waals surface area contributed by atoms with Crippen LogP contribution in [0.3, 0.4) is 0 Å². The van der Waals surface area contributed by atoms with E-state index in [-0.39, 0.29) is 12.1 Å². The lowest BCUT2D eigenvalue weighted by molar-refractivity contribution is 0.453. The first-order valence-corrected chi connectivity index (χ1v) is 6.59. The van der Waals surface area contributed by atoms with Gasteiger partial charge >= 0.3 is 0 Å². The topological polar surface area (TPSA) is 44.3 Å². The van der Waals surface area contributed by atoms with Crippen LogP contribution in [-0.2, 0) is 0 Å². The summed E-state index contributed by atoms with van der Waals surface area (Å²) in [6.07, 6.45) is 0.932. The van der Waals surface area contributed by atoms with Crippen LogP contribution in [0.2, 0.25) is 0 Å². The number of hydrazine groups is 1. The molecule has 0 aromatic heterocycles. The summed E-state index contributed by atoms with van der Waals surface area (Å²) in [5, 5.41) is 9.98. The van der Waals surface area contributed by atoms with Crippen LogP contribution in [0, 0.1) is 6.92 Å². The van der Waals surface area contributed by atoms with Crippen molar-refractivity contribution < 1.29 is 5.11 Å². The van der Waals surface area contributed by atoms with Crippen LogP contribution in [-0.4, -0.2) is 5.11 Å². The summed E-state index contributed by atoms with van der Waals surface area (Å²) < 4.78 is 0. The highest BCUT2D eigenvalue weighted by molar-refractivity contribution is 5.39. The lowest BCUT2D eigenvalue weighted by Gasteiger charge is -2.12. The van der Waals surface area contributed by atoms with Crippen LogP contribution in [0.5, 0.6) is 5.75 Å². The Morgan fingerprint density at radius 3 is 2.53 bits per heavy atom. The van der Waals surface area contributed by atoms with E-state index in [1.165, 1.54) is 5.56 Å². The maximum atomic E-state index is 9.98. The molecule has 2 aromatic rings. The summed E-state index contributed by atoms with van der Waals surface area (Å²) in [6.45, 7) is 2.04. The quantitative estimate of drug-likeness (QED) is 0.772. The largest absolute Gasteiger partial charge is 0.508 e. The van der Waals surface area contributed by atoms with Crippen LogP contribution < -0.4 is 10.9 Å².